The lowest BCUT2D eigenvalue weighted by Gasteiger charge is -2.27. The summed E-state index contributed by atoms with van der Waals surface area (Å²) in [5.74, 6) is 0.824. The van der Waals surface area contributed by atoms with Gasteiger partial charge in [-0.1, -0.05) is 47.8 Å². The Bertz CT molecular complexity index is 383. The van der Waals surface area contributed by atoms with Crippen LogP contribution in [0.5, 0.6) is 0 Å². The fraction of sp³-hybridized carbons (Fsp3) is 0.625. The van der Waals surface area contributed by atoms with Crippen molar-refractivity contribution in [2.75, 3.05) is 6.54 Å². The lowest BCUT2D eigenvalue weighted by atomic mass is 9.89. The zero-order valence-electron chi connectivity index (χ0n) is 11.5. The third-order valence-corrected chi connectivity index (χ3v) is 4.99. The van der Waals surface area contributed by atoms with Gasteiger partial charge in [-0.25, -0.2) is 0 Å². The summed E-state index contributed by atoms with van der Waals surface area (Å²) in [4.78, 5) is 0. The van der Waals surface area contributed by atoms with Crippen LogP contribution in [0.15, 0.2) is 22.7 Å². The van der Waals surface area contributed by atoms with Crippen molar-refractivity contribution in [1.29, 1.82) is 0 Å². The molecule has 2 heteroatoms. The summed E-state index contributed by atoms with van der Waals surface area (Å²) < 4.78 is 1.24. The highest BCUT2D eigenvalue weighted by molar-refractivity contribution is 9.10. The summed E-state index contributed by atoms with van der Waals surface area (Å²) in [6.07, 6.45) is 6.78. The van der Waals surface area contributed by atoms with Crippen molar-refractivity contribution in [2.24, 2.45) is 5.92 Å². The van der Waals surface area contributed by atoms with E-state index in [9.17, 15) is 0 Å². The van der Waals surface area contributed by atoms with Crippen LogP contribution in [0.2, 0.25) is 0 Å². The second-order valence-electron chi connectivity index (χ2n) is 5.43. The Hall–Kier alpha value is -0.340. The third-order valence-electron chi connectivity index (χ3n) is 4.13. The summed E-state index contributed by atoms with van der Waals surface area (Å²) in [6.45, 7) is 5.59. The summed E-state index contributed by atoms with van der Waals surface area (Å²) >= 11 is 3.66. The van der Waals surface area contributed by atoms with Crippen molar-refractivity contribution >= 4 is 15.9 Å². The largest absolute Gasteiger partial charge is 0.310 e. The van der Waals surface area contributed by atoms with Gasteiger partial charge < -0.3 is 5.32 Å². The van der Waals surface area contributed by atoms with E-state index in [1.807, 2.05) is 0 Å². The minimum Gasteiger partial charge on any atom is -0.310 e. The van der Waals surface area contributed by atoms with Crippen LogP contribution in [0.25, 0.3) is 0 Å². The molecule has 1 unspecified atom stereocenters. The normalized spacial score (nSPS) is 18.2. The number of hydrogen-bond donors (Lipinski definition) is 1. The zero-order valence-corrected chi connectivity index (χ0v) is 13.1. The lowest BCUT2D eigenvalue weighted by Crippen LogP contribution is -2.28. The number of rotatable bonds is 5. The average molecular weight is 310 g/mol. The highest BCUT2D eigenvalue weighted by Crippen LogP contribution is 2.38. The van der Waals surface area contributed by atoms with Crippen LogP contribution in [0.1, 0.15) is 56.2 Å². The van der Waals surface area contributed by atoms with E-state index in [1.165, 1.54) is 47.7 Å². The van der Waals surface area contributed by atoms with Crippen LogP contribution in [0.4, 0.5) is 0 Å². The molecule has 0 saturated heterocycles. The Morgan fingerprint density at radius 1 is 1.33 bits per heavy atom. The van der Waals surface area contributed by atoms with E-state index in [2.05, 4.69) is 53.3 Å². The van der Waals surface area contributed by atoms with Crippen molar-refractivity contribution in [2.45, 2.75) is 52.0 Å². The van der Waals surface area contributed by atoms with Crippen LogP contribution in [-0.4, -0.2) is 6.54 Å². The maximum atomic E-state index is 3.77. The van der Waals surface area contributed by atoms with Gasteiger partial charge in [-0.2, -0.15) is 0 Å². The van der Waals surface area contributed by atoms with E-state index >= 15 is 0 Å². The monoisotopic (exact) mass is 309 g/mol. The van der Waals surface area contributed by atoms with Gasteiger partial charge in [0.25, 0.3) is 0 Å². The van der Waals surface area contributed by atoms with Crippen LogP contribution in [0.3, 0.4) is 0 Å². The standard InChI is InChI=1S/C16H24BrN/c1-3-11-18-16(13-7-4-5-8-13)14-9-6-10-15(17)12(14)2/h6,9-10,13,16,18H,3-5,7-8,11H2,1-2H3. The molecule has 1 fully saturated rings. The maximum Gasteiger partial charge on any atom is 0.0351 e. The van der Waals surface area contributed by atoms with Crippen molar-refractivity contribution in [1.82, 2.24) is 5.32 Å². The minimum absolute atomic E-state index is 0.546. The fourth-order valence-corrected chi connectivity index (χ4v) is 3.46. The van der Waals surface area contributed by atoms with Crippen molar-refractivity contribution in [3.8, 4) is 0 Å². The van der Waals surface area contributed by atoms with Gasteiger partial charge in [0, 0.05) is 10.5 Å². The first kappa shape index (κ1) is 14.1. The molecule has 1 atom stereocenters. The second-order valence-corrected chi connectivity index (χ2v) is 6.28. The first-order valence-electron chi connectivity index (χ1n) is 7.22. The predicted molar refractivity (Wildman–Crippen MR) is 81.9 cm³/mol. The summed E-state index contributed by atoms with van der Waals surface area (Å²) in [6, 6.07) is 7.16. The topological polar surface area (TPSA) is 12.0 Å². The first-order valence-corrected chi connectivity index (χ1v) is 8.01. The minimum atomic E-state index is 0.546. The molecule has 0 radical (unpaired) electrons. The predicted octanol–water partition coefficient (Wildman–Crippen LogP) is 4.99. The quantitative estimate of drug-likeness (QED) is 0.808. The van der Waals surface area contributed by atoms with Gasteiger partial charge in [0.1, 0.15) is 0 Å². The molecule has 18 heavy (non-hydrogen) atoms. The molecule has 1 aliphatic rings. The van der Waals surface area contributed by atoms with Gasteiger partial charge >= 0.3 is 0 Å². The van der Waals surface area contributed by atoms with Crippen LogP contribution in [-0.2, 0) is 0 Å². The van der Waals surface area contributed by atoms with Gasteiger partial charge in [0.05, 0.1) is 0 Å². The van der Waals surface area contributed by atoms with Crippen molar-refractivity contribution in [3.05, 3.63) is 33.8 Å². The Morgan fingerprint density at radius 2 is 2.06 bits per heavy atom. The molecule has 100 valence electrons. The molecule has 1 N–H and O–H groups in total. The summed E-state index contributed by atoms with van der Waals surface area (Å²) in [5.41, 5.74) is 2.89. The Kier molecular flexibility index (Phi) is 5.25. The molecule has 0 amide bonds. The Balaban J connectivity index is 2.23. The molecule has 0 heterocycles. The number of hydrogen-bond acceptors (Lipinski definition) is 1. The molecule has 1 aromatic rings. The number of halogens is 1. The molecular weight excluding hydrogens is 286 g/mol. The van der Waals surface area contributed by atoms with Gasteiger partial charge in [0.2, 0.25) is 0 Å². The molecule has 0 aromatic heterocycles. The average Bonchev–Trinajstić information content (AvgIpc) is 2.88. The van der Waals surface area contributed by atoms with E-state index in [4.69, 9.17) is 0 Å². The van der Waals surface area contributed by atoms with Gasteiger partial charge in [-0.3, -0.25) is 0 Å². The SMILES string of the molecule is CCCNC(c1cccc(Br)c1C)C1CCCC1. The Morgan fingerprint density at radius 3 is 2.72 bits per heavy atom. The second kappa shape index (κ2) is 6.72. The third kappa shape index (κ3) is 3.16. The highest BCUT2D eigenvalue weighted by Gasteiger charge is 2.27. The first-order chi connectivity index (χ1) is 8.74. The molecule has 0 spiro atoms. The molecule has 1 aliphatic carbocycles. The number of benzene rings is 1. The zero-order chi connectivity index (χ0) is 13.0. The summed E-state index contributed by atoms with van der Waals surface area (Å²) in [7, 11) is 0. The molecule has 0 aliphatic heterocycles. The molecule has 1 saturated carbocycles. The van der Waals surface area contributed by atoms with Crippen molar-refractivity contribution < 1.29 is 0 Å². The molecule has 2 rings (SSSR count). The molecular formula is C16H24BrN. The maximum absolute atomic E-state index is 3.77. The number of nitrogens with one attached hydrogen (secondary N) is 1. The fourth-order valence-electron chi connectivity index (χ4n) is 3.08. The van der Waals surface area contributed by atoms with Gasteiger partial charge in [-0.05, 0) is 55.8 Å². The van der Waals surface area contributed by atoms with Crippen LogP contribution >= 0.6 is 15.9 Å². The molecule has 1 aromatic carbocycles. The van der Waals surface area contributed by atoms with E-state index in [-0.39, 0.29) is 0 Å². The van der Waals surface area contributed by atoms with Gasteiger partial charge in [-0.15, -0.1) is 0 Å². The van der Waals surface area contributed by atoms with Crippen LogP contribution < -0.4 is 5.32 Å². The van der Waals surface area contributed by atoms with Gasteiger partial charge in [0.15, 0.2) is 0 Å². The van der Waals surface area contributed by atoms with E-state index < -0.39 is 0 Å². The molecule has 1 nitrogen and oxygen atoms in total. The van der Waals surface area contributed by atoms with Crippen molar-refractivity contribution in [3.63, 3.8) is 0 Å². The molecule has 0 bridgehead atoms. The van der Waals surface area contributed by atoms with Crippen LogP contribution in [0, 0.1) is 12.8 Å². The Labute approximate surface area is 119 Å². The smallest absolute Gasteiger partial charge is 0.0351 e. The van der Waals surface area contributed by atoms with E-state index in [0.717, 1.165) is 12.5 Å². The lowest BCUT2D eigenvalue weighted by molar-refractivity contribution is 0.367. The highest BCUT2D eigenvalue weighted by atomic mass is 79.9. The van der Waals surface area contributed by atoms with E-state index in [1.54, 1.807) is 0 Å². The summed E-state index contributed by atoms with van der Waals surface area (Å²) in [5, 5.41) is 3.77. The van der Waals surface area contributed by atoms with E-state index in [0.29, 0.717) is 6.04 Å².